The lowest BCUT2D eigenvalue weighted by atomic mass is 10.0. The zero-order valence-electron chi connectivity index (χ0n) is 15.0. The second-order valence-corrected chi connectivity index (χ2v) is 6.72. The molecule has 132 valence electrons. The van der Waals surface area contributed by atoms with Crippen molar-refractivity contribution in [1.82, 2.24) is 9.88 Å². The molecular weight excluding hydrogens is 316 g/mol. The van der Waals surface area contributed by atoms with Crippen LogP contribution >= 0.6 is 0 Å². The standard InChI is InChI=1S/C20H24N2O3/c1-4-25-20(24)16-12-22(18(23)11-13(2)3)10-9-15-14-7-5-6-8-17(14)21-19(15)16/h5-8,12-13,21H,4,9-11H2,1-3H3. The zero-order valence-corrected chi connectivity index (χ0v) is 15.0. The van der Waals surface area contributed by atoms with E-state index in [1.165, 1.54) is 0 Å². The van der Waals surface area contributed by atoms with Crippen molar-refractivity contribution >= 4 is 28.4 Å². The Morgan fingerprint density at radius 1 is 1.28 bits per heavy atom. The highest BCUT2D eigenvalue weighted by Gasteiger charge is 2.27. The summed E-state index contributed by atoms with van der Waals surface area (Å²) in [5.74, 6) is -0.0975. The summed E-state index contributed by atoms with van der Waals surface area (Å²) < 4.78 is 5.23. The lowest BCUT2D eigenvalue weighted by Crippen LogP contribution is -2.28. The Balaban J connectivity index is 2.07. The summed E-state index contributed by atoms with van der Waals surface area (Å²) in [6, 6.07) is 7.98. The van der Waals surface area contributed by atoms with Gasteiger partial charge in [-0.25, -0.2) is 4.79 Å². The van der Waals surface area contributed by atoms with E-state index in [0.29, 0.717) is 31.6 Å². The lowest BCUT2D eigenvalue weighted by molar-refractivity contribution is -0.136. The molecular formula is C20H24N2O3. The van der Waals surface area contributed by atoms with Crippen molar-refractivity contribution in [3.05, 3.63) is 41.7 Å². The maximum atomic E-state index is 12.5. The topological polar surface area (TPSA) is 62.4 Å². The van der Waals surface area contributed by atoms with E-state index >= 15 is 0 Å². The van der Waals surface area contributed by atoms with E-state index in [0.717, 1.165) is 22.2 Å². The molecule has 1 aliphatic rings. The number of carbonyl (C=O) groups excluding carboxylic acids is 2. The average Bonchev–Trinajstić information content (AvgIpc) is 2.82. The summed E-state index contributed by atoms with van der Waals surface area (Å²) in [5, 5.41) is 1.09. The van der Waals surface area contributed by atoms with E-state index in [2.05, 4.69) is 4.98 Å². The fourth-order valence-electron chi connectivity index (χ4n) is 3.23. The van der Waals surface area contributed by atoms with Gasteiger partial charge >= 0.3 is 5.97 Å². The van der Waals surface area contributed by atoms with Crippen LogP contribution in [0.4, 0.5) is 0 Å². The van der Waals surface area contributed by atoms with Crippen molar-refractivity contribution in [2.24, 2.45) is 5.92 Å². The minimum atomic E-state index is -0.403. The fourth-order valence-corrected chi connectivity index (χ4v) is 3.23. The number of aromatic amines is 1. The van der Waals surface area contributed by atoms with E-state index in [9.17, 15) is 9.59 Å². The molecule has 0 fully saturated rings. The Bertz CT molecular complexity index is 833. The maximum Gasteiger partial charge on any atom is 0.341 e. The molecule has 1 aromatic carbocycles. The first-order valence-corrected chi connectivity index (χ1v) is 8.79. The summed E-state index contributed by atoms with van der Waals surface area (Å²) in [6.07, 6.45) is 2.81. The highest BCUT2D eigenvalue weighted by atomic mass is 16.5. The van der Waals surface area contributed by atoms with Crippen LogP contribution in [0.25, 0.3) is 16.5 Å². The molecule has 5 heteroatoms. The maximum absolute atomic E-state index is 12.5. The number of esters is 1. The van der Waals surface area contributed by atoms with Gasteiger partial charge in [0.15, 0.2) is 0 Å². The third kappa shape index (κ3) is 3.45. The normalized spacial score (nSPS) is 14.2. The molecule has 1 aliphatic heterocycles. The number of nitrogens with zero attached hydrogens (tertiary/aromatic N) is 1. The molecule has 0 radical (unpaired) electrons. The first kappa shape index (κ1) is 17.3. The van der Waals surface area contributed by atoms with Gasteiger partial charge in [-0.05, 0) is 30.9 Å². The summed E-state index contributed by atoms with van der Waals surface area (Å²) in [5.41, 5.74) is 3.24. The van der Waals surface area contributed by atoms with Crippen LogP contribution in [0, 0.1) is 5.92 Å². The van der Waals surface area contributed by atoms with E-state index in [1.807, 2.05) is 38.1 Å². The number of hydrogen-bond acceptors (Lipinski definition) is 3. The Kier molecular flexibility index (Phi) is 4.93. The van der Waals surface area contributed by atoms with Crippen LogP contribution in [0.15, 0.2) is 30.5 Å². The number of benzene rings is 1. The molecule has 1 amide bonds. The predicted molar refractivity (Wildman–Crippen MR) is 97.8 cm³/mol. The van der Waals surface area contributed by atoms with Crippen molar-refractivity contribution < 1.29 is 14.3 Å². The molecule has 0 aliphatic carbocycles. The first-order valence-electron chi connectivity index (χ1n) is 8.79. The molecule has 0 spiro atoms. The average molecular weight is 340 g/mol. The third-order valence-corrected chi connectivity index (χ3v) is 4.37. The molecule has 0 atom stereocenters. The smallest absolute Gasteiger partial charge is 0.341 e. The number of hydrogen-bond donors (Lipinski definition) is 1. The minimum absolute atomic E-state index is 0.0336. The van der Waals surface area contributed by atoms with Crippen LogP contribution in [0.3, 0.4) is 0 Å². The Morgan fingerprint density at radius 3 is 2.76 bits per heavy atom. The van der Waals surface area contributed by atoms with Gasteiger partial charge in [-0.2, -0.15) is 0 Å². The van der Waals surface area contributed by atoms with Crippen molar-refractivity contribution in [2.45, 2.75) is 33.6 Å². The number of carbonyl (C=O) groups is 2. The van der Waals surface area contributed by atoms with Gasteiger partial charge in [-0.15, -0.1) is 0 Å². The van der Waals surface area contributed by atoms with Gasteiger partial charge in [0.25, 0.3) is 0 Å². The van der Waals surface area contributed by atoms with Crippen molar-refractivity contribution in [2.75, 3.05) is 13.2 Å². The molecule has 2 heterocycles. The molecule has 5 nitrogen and oxygen atoms in total. The molecule has 0 unspecified atom stereocenters. The van der Waals surface area contributed by atoms with Gasteiger partial charge in [-0.1, -0.05) is 32.0 Å². The predicted octanol–water partition coefficient (Wildman–Crippen LogP) is 3.50. The number of fused-ring (bicyclic) bond motifs is 3. The zero-order chi connectivity index (χ0) is 18.0. The summed E-state index contributed by atoms with van der Waals surface area (Å²) in [4.78, 5) is 30.1. The number of para-hydroxylation sites is 1. The quantitative estimate of drug-likeness (QED) is 0.867. The van der Waals surface area contributed by atoms with E-state index in [-0.39, 0.29) is 11.8 Å². The van der Waals surface area contributed by atoms with Crippen LogP contribution in [0.1, 0.15) is 38.4 Å². The number of H-pyrrole nitrogens is 1. The number of ether oxygens (including phenoxy) is 1. The van der Waals surface area contributed by atoms with Crippen LogP contribution in [-0.4, -0.2) is 34.9 Å². The van der Waals surface area contributed by atoms with Crippen molar-refractivity contribution in [3.8, 4) is 0 Å². The van der Waals surface area contributed by atoms with E-state index in [4.69, 9.17) is 4.74 Å². The van der Waals surface area contributed by atoms with E-state index in [1.54, 1.807) is 18.0 Å². The third-order valence-electron chi connectivity index (χ3n) is 4.37. The Hall–Kier alpha value is -2.56. The van der Waals surface area contributed by atoms with Crippen LogP contribution < -0.4 is 0 Å². The largest absolute Gasteiger partial charge is 0.462 e. The molecule has 25 heavy (non-hydrogen) atoms. The minimum Gasteiger partial charge on any atom is -0.462 e. The number of rotatable bonds is 4. The molecule has 0 bridgehead atoms. The molecule has 1 N–H and O–H groups in total. The fraction of sp³-hybridized carbons (Fsp3) is 0.400. The van der Waals surface area contributed by atoms with Gasteiger partial charge in [0.1, 0.15) is 0 Å². The number of amides is 1. The second-order valence-electron chi connectivity index (χ2n) is 6.72. The summed E-state index contributed by atoms with van der Waals surface area (Å²) in [7, 11) is 0. The second kappa shape index (κ2) is 7.13. The lowest BCUT2D eigenvalue weighted by Gasteiger charge is -2.18. The van der Waals surface area contributed by atoms with Crippen LogP contribution in [0.5, 0.6) is 0 Å². The Morgan fingerprint density at radius 2 is 2.04 bits per heavy atom. The number of aromatic nitrogens is 1. The van der Waals surface area contributed by atoms with Crippen molar-refractivity contribution in [1.29, 1.82) is 0 Å². The van der Waals surface area contributed by atoms with Gasteiger partial charge in [0.2, 0.25) is 5.91 Å². The summed E-state index contributed by atoms with van der Waals surface area (Å²) in [6.45, 7) is 6.67. The highest BCUT2D eigenvalue weighted by Crippen LogP contribution is 2.31. The van der Waals surface area contributed by atoms with Crippen LogP contribution in [0.2, 0.25) is 0 Å². The first-order chi connectivity index (χ1) is 12.0. The molecule has 0 saturated heterocycles. The van der Waals surface area contributed by atoms with Crippen molar-refractivity contribution in [3.63, 3.8) is 0 Å². The summed E-state index contributed by atoms with van der Waals surface area (Å²) >= 11 is 0. The van der Waals surface area contributed by atoms with E-state index < -0.39 is 5.97 Å². The van der Waals surface area contributed by atoms with Gasteiger partial charge in [0, 0.05) is 30.1 Å². The SMILES string of the molecule is CCOC(=O)C1=CN(C(=O)CC(C)C)CCc2c1[nH]c1ccccc21. The number of nitrogens with one attached hydrogen (secondary N) is 1. The molecule has 1 aromatic heterocycles. The Labute approximate surface area is 147 Å². The molecule has 3 rings (SSSR count). The van der Waals surface area contributed by atoms with Crippen LogP contribution in [-0.2, 0) is 20.7 Å². The molecule has 2 aromatic rings. The molecule has 0 saturated carbocycles. The van der Waals surface area contributed by atoms with Gasteiger partial charge in [0.05, 0.1) is 17.9 Å². The monoisotopic (exact) mass is 340 g/mol. The highest BCUT2D eigenvalue weighted by molar-refractivity contribution is 6.18. The van der Waals surface area contributed by atoms with Gasteiger partial charge < -0.3 is 14.6 Å². The van der Waals surface area contributed by atoms with Gasteiger partial charge in [-0.3, -0.25) is 4.79 Å².